The molecule has 0 saturated heterocycles. The van der Waals surface area contributed by atoms with Crippen LogP contribution in [0.25, 0.3) is 0 Å². The van der Waals surface area contributed by atoms with Crippen molar-refractivity contribution in [2.24, 2.45) is 12.5 Å². The topological polar surface area (TPSA) is 49.8 Å². The summed E-state index contributed by atoms with van der Waals surface area (Å²) in [4.78, 5) is 11.7. The minimum Gasteiger partial charge on any atom is -0.384 e. The minimum absolute atomic E-state index is 0.207. The van der Waals surface area contributed by atoms with E-state index in [1.165, 1.54) is 7.05 Å². The zero-order valence-electron chi connectivity index (χ0n) is 11.4. The van der Waals surface area contributed by atoms with Crippen molar-refractivity contribution in [3.63, 3.8) is 0 Å². The highest BCUT2D eigenvalue weighted by Crippen LogP contribution is 2.29. The fourth-order valence-electron chi connectivity index (χ4n) is 1.45. The molecule has 7 heteroatoms. The van der Waals surface area contributed by atoms with E-state index in [0.29, 0.717) is 5.70 Å². The second-order valence-electron chi connectivity index (χ2n) is 5.41. The molecule has 0 unspecified atom stereocenters. The predicted molar refractivity (Wildman–Crippen MR) is 66.5 cm³/mol. The molecule has 1 rings (SSSR count). The van der Waals surface area contributed by atoms with E-state index >= 15 is 0 Å². The Kier molecular flexibility index (Phi) is 3.88. The number of aromatic nitrogens is 2. The minimum atomic E-state index is -4.58. The van der Waals surface area contributed by atoms with E-state index in [1.807, 2.05) is 25.9 Å². The van der Waals surface area contributed by atoms with Gasteiger partial charge in [0.15, 0.2) is 0 Å². The number of hydrogen-bond donors (Lipinski definition) is 2. The molecular formula is C12H18F3N3O. The van der Waals surface area contributed by atoms with E-state index in [1.54, 1.807) is 0 Å². The summed E-state index contributed by atoms with van der Waals surface area (Å²) in [7, 11) is 1.25. The van der Waals surface area contributed by atoms with Gasteiger partial charge in [-0.2, -0.15) is 13.2 Å². The zero-order valence-corrected chi connectivity index (χ0v) is 11.4. The molecule has 0 amide bonds. The van der Waals surface area contributed by atoms with Crippen molar-refractivity contribution in [3.05, 3.63) is 33.9 Å². The highest BCUT2D eigenvalue weighted by Gasteiger charge is 2.37. The highest BCUT2D eigenvalue weighted by atomic mass is 19.4. The van der Waals surface area contributed by atoms with E-state index in [0.717, 1.165) is 4.68 Å². The molecule has 1 heterocycles. The van der Waals surface area contributed by atoms with Crippen LogP contribution in [0.15, 0.2) is 17.1 Å². The van der Waals surface area contributed by atoms with Crippen molar-refractivity contribution in [2.75, 3.05) is 0 Å². The Bertz CT molecular complexity index is 532. The molecule has 2 N–H and O–H groups in total. The molecule has 0 bridgehead atoms. The zero-order chi connectivity index (χ0) is 15.0. The molecule has 0 spiro atoms. The number of aromatic amines is 1. The Morgan fingerprint density at radius 2 is 1.89 bits per heavy atom. The number of alkyl halides is 3. The first-order chi connectivity index (χ1) is 8.44. The fraction of sp³-hybridized carbons (Fsp3) is 0.583. The third-order valence-electron chi connectivity index (χ3n) is 2.81. The van der Waals surface area contributed by atoms with Gasteiger partial charge in [0, 0.05) is 24.7 Å². The van der Waals surface area contributed by atoms with E-state index in [2.05, 4.69) is 11.9 Å². The van der Waals surface area contributed by atoms with Crippen LogP contribution in [0, 0.1) is 5.41 Å². The molecule has 0 aromatic carbocycles. The quantitative estimate of drug-likeness (QED) is 0.891. The predicted octanol–water partition coefficient (Wildman–Crippen LogP) is 2.38. The highest BCUT2D eigenvalue weighted by molar-refractivity contribution is 5.21. The van der Waals surface area contributed by atoms with Crippen LogP contribution in [0.1, 0.15) is 32.0 Å². The van der Waals surface area contributed by atoms with E-state index in [9.17, 15) is 18.0 Å². The second kappa shape index (κ2) is 4.79. The normalized spacial score (nSPS) is 12.6. The van der Waals surface area contributed by atoms with Gasteiger partial charge in [-0.05, 0) is 0 Å². The van der Waals surface area contributed by atoms with Crippen LogP contribution < -0.4 is 10.9 Å². The van der Waals surface area contributed by atoms with Crippen LogP contribution in [0.3, 0.4) is 0 Å². The van der Waals surface area contributed by atoms with Crippen LogP contribution in [-0.4, -0.2) is 9.78 Å². The van der Waals surface area contributed by atoms with Gasteiger partial charge in [-0.25, -0.2) is 0 Å². The van der Waals surface area contributed by atoms with Gasteiger partial charge >= 0.3 is 6.18 Å². The van der Waals surface area contributed by atoms with E-state index in [-0.39, 0.29) is 17.5 Å². The molecule has 0 aliphatic heterocycles. The summed E-state index contributed by atoms with van der Waals surface area (Å²) in [6.45, 7) is 9.18. The van der Waals surface area contributed by atoms with Crippen LogP contribution in [-0.2, 0) is 19.8 Å². The Morgan fingerprint density at radius 1 is 1.37 bits per heavy atom. The van der Waals surface area contributed by atoms with Crippen LogP contribution in [0.5, 0.6) is 0 Å². The summed E-state index contributed by atoms with van der Waals surface area (Å²) in [5.41, 5.74) is -1.76. The summed E-state index contributed by atoms with van der Waals surface area (Å²) >= 11 is 0. The number of nitrogens with one attached hydrogen (secondary N) is 2. The molecule has 1 aromatic heterocycles. The van der Waals surface area contributed by atoms with Gasteiger partial charge in [-0.3, -0.25) is 14.6 Å². The van der Waals surface area contributed by atoms with Gasteiger partial charge < -0.3 is 5.32 Å². The Labute approximate surface area is 109 Å². The average Bonchev–Trinajstić information content (AvgIpc) is 2.51. The number of rotatable bonds is 3. The monoisotopic (exact) mass is 277 g/mol. The van der Waals surface area contributed by atoms with Crippen LogP contribution in [0.4, 0.5) is 13.2 Å². The van der Waals surface area contributed by atoms with Crippen molar-refractivity contribution in [2.45, 2.75) is 33.5 Å². The third-order valence-corrected chi connectivity index (χ3v) is 2.81. The van der Waals surface area contributed by atoms with Gasteiger partial charge in [0.2, 0.25) is 0 Å². The lowest BCUT2D eigenvalue weighted by atomic mass is 9.93. The molecule has 0 atom stereocenters. The average molecular weight is 277 g/mol. The first kappa shape index (κ1) is 15.4. The summed E-state index contributed by atoms with van der Waals surface area (Å²) < 4.78 is 39.1. The molecule has 4 nitrogen and oxygen atoms in total. The molecular weight excluding hydrogens is 259 g/mol. The summed E-state index contributed by atoms with van der Waals surface area (Å²) in [5.74, 6) is 0. The largest absolute Gasteiger partial charge is 0.433 e. The summed E-state index contributed by atoms with van der Waals surface area (Å²) in [6.07, 6.45) is -4.58. The van der Waals surface area contributed by atoms with Crippen molar-refractivity contribution in [1.29, 1.82) is 0 Å². The number of hydrogen-bond acceptors (Lipinski definition) is 2. The lowest BCUT2D eigenvalue weighted by molar-refractivity contribution is -0.142. The SMILES string of the molecule is C=C(NCc1c(C(F)(F)F)[nH]n(C)c1=O)C(C)(C)C. The maximum absolute atomic E-state index is 12.8. The second-order valence-corrected chi connectivity index (χ2v) is 5.41. The number of aryl methyl sites for hydroxylation is 1. The maximum Gasteiger partial charge on any atom is 0.433 e. The number of halogens is 3. The molecule has 0 fully saturated rings. The third kappa shape index (κ3) is 3.42. The Hall–Kier alpha value is -1.66. The first-order valence-corrected chi connectivity index (χ1v) is 5.73. The first-order valence-electron chi connectivity index (χ1n) is 5.73. The lowest BCUT2D eigenvalue weighted by Crippen LogP contribution is -2.27. The standard InChI is InChI=1S/C12H18F3N3O/c1-7(11(2,3)4)16-6-8-9(12(13,14)15)17-18(5)10(8)19/h16-17H,1,6H2,2-5H3. The number of allylic oxidation sites excluding steroid dienone is 1. The molecule has 1 aromatic rings. The Morgan fingerprint density at radius 3 is 2.32 bits per heavy atom. The summed E-state index contributed by atoms with van der Waals surface area (Å²) in [5, 5.41) is 4.80. The lowest BCUT2D eigenvalue weighted by Gasteiger charge is -2.23. The summed E-state index contributed by atoms with van der Waals surface area (Å²) in [6, 6.07) is 0. The van der Waals surface area contributed by atoms with Crippen LogP contribution in [0.2, 0.25) is 0 Å². The van der Waals surface area contributed by atoms with Crippen molar-refractivity contribution >= 4 is 0 Å². The molecule has 0 aliphatic carbocycles. The van der Waals surface area contributed by atoms with E-state index in [4.69, 9.17) is 0 Å². The van der Waals surface area contributed by atoms with Gasteiger partial charge in [-0.15, -0.1) is 0 Å². The Balaban J connectivity index is 3.03. The van der Waals surface area contributed by atoms with Crippen molar-refractivity contribution in [3.8, 4) is 0 Å². The molecule has 108 valence electrons. The smallest absolute Gasteiger partial charge is 0.384 e. The fourth-order valence-corrected chi connectivity index (χ4v) is 1.45. The maximum atomic E-state index is 12.8. The number of nitrogens with zero attached hydrogens (tertiary/aromatic N) is 1. The van der Waals surface area contributed by atoms with Crippen molar-refractivity contribution in [1.82, 2.24) is 15.1 Å². The van der Waals surface area contributed by atoms with Gasteiger partial charge in [0.05, 0.1) is 5.56 Å². The van der Waals surface area contributed by atoms with Gasteiger partial charge in [0.25, 0.3) is 5.56 Å². The van der Waals surface area contributed by atoms with Crippen LogP contribution >= 0.6 is 0 Å². The van der Waals surface area contributed by atoms with Gasteiger partial charge in [-0.1, -0.05) is 27.4 Å². The van der Waals surface area contributed by atoms with E-state index < -0.39 is 17.4 Å². The number of H-pyrrole nitrogens is 1. The molecule has 0 radical (unpaired) electrons. The molecule has 19 heavy (non-hydrogen) atoms. The van der Waals surface area contributed by atoms with Crippen molar-refractivity contribution < 1.29 is 13.2 Å². The molecule has 0 aliphatic rings. The van der Waals surface area contributed by atoms with Gasteiger partial charge in [0.1, 0.15) is 5.69 Å². The molecule has 0 saturated carbocycles.